The van der Waals surface area contributed by atoms with Gasteiger partial charge in [-0.15, -0.1) is 0 Å². The van der Waals surface area contributed by atoms with E-state index >= 15 is 0 Å². The molecule has 0 fully saturated rings. The summed E-state index contributed by atoms with van der Waals surface area (Å²) in [5.74, 6) is -1.61. The maximum Gasteiger partial charge on any atom is 0.416 e. The molecule has 0 saturated heterocycles. The SMILES string of the molecule is COC(=O)[C@H](Cc1ccccc1C)NC(=O)[C@@H](O)c1ccc(C(F)(F)F)cc1. The van der Waals surface area contributed by atoms with Crippen LogP contribution in [0.15, 0.2) is 48.5 Å². The third kappa shape index (κ3) is 5.32. The summed E-state index contributed by atoms with van der Waals surface area (Å²) < 4.78 is 42.6. The predicted molar refractivity (Wildman–Crippen MR) is 95.2 cm³/mol. The molecule has 2 N–H and O–H groups in total. The number of aryl methyl sites for hydroxylation is 1. The van der Waals surface area contributed by atoms with Gasteiger partial charge in [0.2, 0.25) is 0 Å². The van der Waals surface area contributed by atoms with Crippen molar-refractivity contribution >= 4 is 11.9 Å². The van der Waals surface area contributed by atoms with Crippen molar-refractivity contribution in [2.45, 2.75) is 31.7 Å². The lowest BCUT2D eigenvalue weighted by Gasteiger charge is -2.20. The number of halogens is 3. The summed E-state index contributed by atoms with van der Waals surface area (Å²) in [6, 6.07) is 9.79. The number of hydrogen-bond acceptors (Lipinski definition) is 4. The Bertz CT molecular complexity index is 834. The van der Waals surface area contributed by atoms with Crippen molar-refractivity contribution in [2.24, 2.45) is 0 Å². The largest absolute Gasteiger partial charge is 0.467 e. The molecule has 2 rings (SSSR count). The third-order valence-corrected chi connectivity index (χ3v) is 4.29. The Hall–Kier alpha value is -2.87. The van der Waals surface area contributed by atoms with E-state index in [1.165, 1.54) is 7.11 Å². The topological polar surface area (TPSA) is 75.6 Å². The molecular weight excluding hydrogens is 375 g/mol. The van der Waals surface area contributed by atoms with Gasteiger partial charge in [-0.1, -0.05) is 36.4 Å². The molecule has 0 radical (unpaired) electrons. The van der Waals surface area contributed by atoms with Crippen LogP contribution in [0.4, 0.5) is 13.2 Å². The smallest absolute Gasteiger partial charge is 0.416 e. The van der Waals surface area contributed by atoms with Crippen LogP contribution in [0.3, 0.4) is 0 Å². The van der Waals surface area contributed by atoms with Crippen LogP contribution in [0, 0.1) is 6.92 Å². The van der Waals surface area contributed by atoms with Crippen LogP contribution in [0.1, 0.15) is 28.4 Å². The number of hydrogen-bond donors (Lipinski definition) is 2. The number of esters is 1. The summed E-state index contributed by atoms with van der Waals surface area (Å²) in [6.45, 7) is 1.85. The van der Waals surface area contributed by atoms with Gasteiger partial charge in [0.05, 0.1) is 12.7 Å². The molecule has 0 aromatic heterocycles. The lowest BCUT2D eigenvalue weighted by Crippen LogP contribution is -2.45. The molecular formula is C20H20F3NO4. The van der Waals surface area contributed by atoms with E-state index in [4.69, 9.17) is 4.74 Å². The van der Waals surface area contributed by atoms with E-state index in [0.29, 0.717) is 0 Å². The molecule has 0 aliphatic rings. The predicted octanol–water partition coefficient (Wildman–Crippen LogP) is 2.95. The Morgan fingerprint density at radius 3 is 2.25 bits per heavy atom. The molecule has 0 spiro atoms. The molecule has 0 bridgehead atoms. The molecule has 8 heteroatoms. The number of methoxy groups -OCH3 is 1. The van der Waals surface area contributed by atoms with Crippen molar-refractivity contribution in [2.75, 3.05) is 7.11 Å². The van der Waals surface area contributed by atoms with E-state index in [1.54, 1.807) is 12.1 Å². The summed E-state index contributed by atoms with van der Waals surface area (Å²) in [4.78, 5) is 24.4. The van der Waals surface area contributed by atoms with Gasteiger partial charge in [0.25, 0.3) is 5.91 Å². The van der Waals surface area contributed by atoms with Gasteiger partial charge in [0.1, 0.15) is 6.04 Å². The summed E-state index contributed by atoms with van der Waals surface area (Å²) in [5.41, 5.74) is 0.803. The third-order valence-electron chi connectivity index (χ3n) is 4.29. The van der Waals surface area contributed by atoms with E-state index in [0.717, 1.165) is 35.4 Å². The van der Waals surface area contributed by atoms with Crippen LogP contribution >= 0.6 is 0 Å². The molecule has 5 nitrogen and oxygen atoms in total. The minimum atomic E-state index is -4.52. The van der Waals surface area contributed by atoms with E-state index in [9.17, 15) is 27.9 Å². The van der Waals surface area contributed by atoms with Gasteiger partial charge in [-0.3, -0.25) is 4.79 Å². The molecule has 2 atom stereocenters. The first-order chi connectivity index (χ1) is 13.1. The molecule has 0 aliphatic heterocycles. The number of carbonyl (C=O) groups excluding carboxylic acids is 2. The quantitative estimate of drug-likeness (QED) is 0.738. The highest BCUT2D eigenvalue weighted by Gasteiger charge is 2.31. The van der Waals surface area contributed by atoms with Gasteiger partial charge in [-0.2, -0.15) is 13.2 Å². The van der Waals surface area contributed by atoms with Crippen molar-refractivity contribution in [1.29, 1.82) is 0 Å². The van der Waals surface area contributed by atoms with E-state index in [1.807, 2.05) is 19.1 Å². The minimum Gasteiger partial charge on any atom is -0.467 e. The number of rotatable bonds is 6. The molecule has 2 aromatic rings. The molecule has 0 aliphatic carbocycles. The highest BCUT2D eigenvalue weighted by molar-refractivity contribution is 5.87. The van der Waals surface area contributed by atoms with Crippen molar-refractivity contribution in [3.63, 3.8) is 0 Å². The number of carbonyl (C=O) groups is 2. The standard InChI is InChI=1S/C20H20F3NO4/c1-12-5-3-4-6-14(12)11-16(19(27)28-2)24-18(26)17(25)13-7-9-15(10-8-13)20(21,22)23/h3-10,16-17,25H,11H2,1-2H3,(H,24,26)/t16-,17-/m0/s1. The Morgan fingerprint density at radius 2 is 1.71 bits per heavy atom. The fraction of sp³-hybridized carbons (Fsp3) is 0.300. The molecule has 150 valence electrons. The van der Waals surface area contributed by atoms with Crippen LogP contribution in [0.5, 0.6) is 0 Å². The number of aliphatic hydroxyl groups excluding tert-OH is 1. The lowest BCUT2D eigenvalue weighted by atomic mass is 10.0. The van der Waals surface area contributed by atoms with Gasteiger partial charge in [0, 0.05) is 6.42 Å². The minimum absolute atomic E-state index is 0.0231. The zero-order chi connectivity index (χ0) is 20.9. The maximum atomic E-state index is 12.6. The molecule has 2 aromatic carbocycles. The van der Waals surface area contributed by atoms with Crippen molar-refractivity contribution in [1.82, 2.24) is 5.32 Å². The second kappa shape index (κ2) is 8.88. The number of aliphatic hydroxyl groups is 1. The van der Waals surface area contributed by atoms with Gasteiger partial charge < -0.3 is 15.2 Å². The van der Waals surface area contributed by atoms with Crippen LogP contribution in [0.25, 0.3) is 0 Å². The Morgan fingerprint density at radius 1 is 1.11 bits per heavy atom. The maximum absolute atomic E-state index is 12.6. The highest BCUT2D eigenvalue weighted by atomic mass is 19.4. The van der Waals surface area contributed by atoms with Crippen molar-refractivity contribution < 1.29 is 32.6 Å². The highest BCUT2D eigenvalue weighted by Crippen LogP contribution is 2.30. The normalized spacial score (nSPS) is 13.5. The first kappa shape index (κ1) is 21.4. The summed E-state index contributed by atoms with van der Waals surface area (Å²) in [6.07, 6.45) is -6.11. The summed E-state index contributed by atoms with van der Waals surface area (Å²) >= 11 is 0. The van der Waals surface area contributed by atoms with Gasteiger partial charge >= 0.3 is 12.1 Å². The van der Waals surface area contributed by atoms with Crippen LogP contribution in [0.2, 0.25) is 0 Å². The fourth-order valence-electron chi connectivity index (χ4n) is 2.65. The Kier molecular flexibility index (Phi) is 6.80. The Balaban J connectivity index is 2.14. The number of alkyl halides is 3. The average molecular weight is 395 g/mol. The summed E-state index contributed by atoms with van der Waals surface area (Å²) in [7, 11) is 1.17. The second-order valence-electron chi connectivity index (χ2n) is 6.24. The number of benzene rings is 2. The van der Waals surface area contributed by atoms with Gasteiger partial charge in [0.15, 0.2) is 6.10 Å². The molecule has 1 amide bonds. The average Bonchev–Trinajstić information content (AvgIpc) is 2.67. The lowest BCUT2D eigenvalue weighted by molar-refractivity contribution is -0.146. The second-order valence-corrected chi connectivity index (χ2v) is 6.24. The van der Waals surface area contributed by atoms with E-state index in [-0.39, 0.29) is 12.0 Å². The first-order valence-electron chi connectivity index (χ1n) is 8.41. The number of amides is 1. The summed E-state index contributed by atoms with van der Waals surface area (Å²) in [5, 5.41) is 12.6. The van der Waals surface area contributed by atoms with Gasteiger partial charge in [-0.05, 0) is 35.7 Å². The zero-order valence-electron chi connectivity index (χ0n) is 15.3. The van der Waals surface area contributed by atoms with E-state index in [2.05, 4.69) is 5.32 Å². The van der Waals surface area contributed by atoms with E-state index < -0.39 is 35.8 Å². The molecule has 0 saturated carbocycles. The van der Waals surface area contributed by atoms with Crippen molar-refractivity contribution in [3.8, 4) is 0 Å². The first-order valence-corrected chi connectivity index (χ1v) is 8.41. The zero-order valence-corrected chi connectivity index (χ0v) is 15.3. The Labute approximate surface area is 160 Å². The number of nitrogens with one attached hydrogen (secondary N) is 1. The van der Waals surface area contributed by atoms with Crippen LogP contribution in [-0.4, -0.2) is 30.1 Å². The van der Waals surface area contributed by atoms with Crippen LogP contribution < -0.4 is 5.32 Å². The number of ether oxygens (including phenoxy) is 1. The molecule has 28 heavy (non-hydrogen) atoms. The fourth-order valence-corrected chi connectivity index (χ4v) is 2.65. The van der Waals surface area contributed by atoms with Crippen molar-refractivity contribution in [3.05, 3.63) is 70.8 Å². The molecule has 0 unspecified atom stereocenters. The monoisotopic (exact) mass is 395 g/mol. The molecule has 0 heterocycles. The van der Waals surface area contributed by atoms with Gasteiger partial charge in [-0.25, -0.2) is 4.79 Å². The van der Waals surface area contributed by atoms with Crippen LogP contribution in [-0.2, 0) is 26.9 Å².